The van der Waals surface area contributed by atoms with Gasteiger partial charge in [-0.2, -0.15) is 0 Å². The highest BCUT2D eigenvalue weighted by atomic mass is 79.9. The highest BCUT2D eigenvalue weighted by Crippen LogP contribution is 2.28. The van der Waals surface area contributed by atoms with E-state index < -0.39 is 0 Å². The van der Waals surface area contributed by atoms with Crippen molar-refractivity contribution in [2.24, 2.45) is 0 Å². The summed E-state index contributed by atoms with van der Waals surface area (Å²) in [5.74, 6) is 1.14. The van der Waals surface area contributed by atoms with Gasteiger partial charge in [0.2, 0.25) is 0 Å². The third kappa shape index (κ3) is 6.88. The van der Waals surface area contributed by atoms with Crippen LogP contribution >= 0.6 is 15.9 Å². The molecule has 0 spiro atoms. The topological polar surface area (TPSA) is 56.8 Å². The number of amides is 1. The molecule has 0 bridgehead atoms. The first-order valence-electron chi connectivity index (χ1n) is 9.19. The van der Waals surface area contributed by atoms with Crippen molar-refractivity contribution in [3.05, 3.63) is 52.5 Å². The zero-order valence-corrected chi connectivity index (χ0v) is 17.4. The average molecular weight is 436 g/mol. The van der Waals surface area contributed by atoms with E-state index in [1.165, 1.54) is 0 Å². The van der Waals surface area contributed by atoms with Gasteiger partial charge in [0, 0.05) is 12.2 Å². The summed E-state index contributed by atoms with van der Waals surface area (Å²) < 4.78 is 17.4. The van der Waals surface area contributed by atoms with Crippen LogP contribution in [0.1, 0.15) is 37.0 Å². The largest absolute Gasteiger partial charge is 0.492 e. The molecule has 2 aromatic carbocycles. The molecule has 1 amide bonds. The summed E-state index contributed by atoms with van der Waals surface area (Å²) in [6.07, 6.45) is 2.07. The van der Waals surface area contributed by atoms with Crippen molar-refractivity contribution in [1.82, 2.24) is 0 Å². The van der Waals surface area contributed by atoms with Crippen molar-refractivity contribution in [1.29, 1.82) is 0 Å². The van der Waals surface area contributed by atoms with Crippen LogP contribution in [0.5, 0.6) is 11.5 Å². The van der Waals surface area contributed by atoms with Gasteiger partial charge in [-0.15, -0.1) is 0 Å². The van der Waals surface area contributed by atoms with Gasteiger partial charge in [-0.25, -0.2) is 0 Å². The number of carbonyl (C=O) groups excluding carboxylic acids is 1. The number of rotatable bonds is 11. The standard InChI is InChI=1S/C21H26BrNO4/c1-3-5-12-26-19-11-10-16(15-17(19)22)21(24)23-18-8-6-7-9-20(18)27-14-13-25-4-2/h6-11,15H,3-5,12-14H2,1-2H3,(H,23,24). The average Bonchev–Trinajstić information content (AvgIpc) is 2.67. The zero-order valence-electron chi connectivity index (χ0n) is 15.8. The Bertz CT molecular complexity index is 736. The summed E-state index contributed by atoms with van der Waals surface area (Å²) in [7, 11) is 0. The van der Waals surface area contributed by atoms with Crippen LogP contribution in [0.2, 0.25) is 0 Å². The molecule has 5 nitrogen and oxygen atoms in total. The molecule has 0 aliphatic heterocycles. The molecule has 0 saturated heterocycles. The van der Waals surface area contributed by atoms with Gasteiger partial charge in [0.05, 0.1) is 23.4 Å². The molecule has 2 aromatic rings. The minimum Gasteiger partial charge on any atom is -0.492 e. The van der Waals surface area contributed by atoms with E-state index in [2.05, 4.69) is 28.2 Å². The second-order valence-electron chi connectivity index (χ2n) is 5.84. The van der Waals surface area contributed by atoms with Gasteiger partial charge in [0.1, 0.15) is 18.1 Å². The number of halogens is 1. The number of hydrogen-bond donors (Lipinski definition) is 1. The highest BCUT2D eigenvalue weighted by Gasteiger charge is 2.12. The number of carbonyl (C=O) groups is 1. The molecular weight excluding hydrogens is 410 g/mol. The monoisotopic (exact) mass is 435 g/mol. The van der Waals surface area contributed by atoms with E-state index in [1.54, 1.807) is 18.2 Å². The molecule has 1 N–H and O–H groups in total. The Balaban J connectivity index is 2.01. The summed E-state index contributed by atoms with van der Waals surface area (Å²) in [5.41, 5.74) is 1.16. The number of ether oxygens (including phenoxy) is 3. The quantitative estimate of drug-likeness (QED) is 0.486. The van der Waals surface area contributed by atoms with Crippen LogP contribution in [0.4, 0.5) is 5.69 Å². The second-order valence-corrected chi connectivity index (χ2v) is 6.70. The third-order valence-corrected chi connectivity index (χ3v) is 4.39. The predicted octanol–water partition coefficient (Wildman–Crippen LogP) is 5.30. The van der Waals surface area contributed by atoms with Crippen molar-refractivity contribution in [3.8, 4) is 11.5 Å². The molecule has 0 radical (unpaired) electrons. The summed E-state index contributed by atoms with van der Waals surface area (Å²) in [4.78, 5) is 12.6. The molecule has 0 aliphatic carbocycles. The van der Waals surface area contributed by atoms with Crippen molar-refractivity contribution in [2.75, 3.05) is 31.7 Å². The summed E-state index contributed by atoms with van der Waals surface area (Å²) >= 11 is 3.47. The molecule has 0 fully saturated rings. The van der Waals surface area contributed by atoms with Gasteiger partial charge in [-0.05, 0) is 59.6 Å². The van der Waals surface area contributed by atoms with E-state index in [0.717, 1.165) is 23.1 Å². The van der Waals surface area contributed by atoms with Gasteiger partial charge in [0.15, 0.2) is 0 Å². The summed E-state index contributed by atoms with van der Waals surface area (Å²) in [6, 6.07) is 12.7. The van der Waals surface area contributed by atoms with E-state index in [9.17, 15) is 4.79 Å². The smallest absolute Gasteiger partial charge is 0.255 e. The van der Waals surface area contributed by atoms with E-state index in [0.29, 0.717) is 43.4 Å². The minimum atomic E-state index is -0.211. The molecule has 0 atom stereocenters. The number of unbranched alkanes of at least 4 members (excludes halogenated alkanes) is 1. The van der Waals surface area contributed by atoms with E-state index >= 15 is 0 Å². The lowest BCUT2D eigenvalue weighted by Gasteiger charge is -2.13. The third-order valence-electron chi connectivity index (χ3n) is 3.77. The Hall–Kier alpha value is -2.05. The molecule has 0 aliphatic rings. The van der Waals surface area contributed by atoms with Crippen LogP contribution in [-0.2, 0) is 4.74 Å². The lowest BCUT2D eigenvalue weighted by atomic mass is 10.2. The van der Waals surface area contributed by atoms with Crippen LogP contribution in [0.3, 0.4) is 0 Å². The maximum Gasteiger partial charge on any atom is 0.255 e. The van der Waals surface area contributed by atoms with Gasteiger partial charge < -0.3 is 19.5 Å². The van der Waals surface area contributed by atoms with E-state index in [-0.39, 0.29) is 5.91 Å². The Morgan fingerprint density at radius 2 is 1.78 bits per heavy atom. The van der Waals surface area contributed by atoms with Crippen LogP contribution in [0, 0.1) is 0 Å². The molecule has 0 heterocycles. The van der Waals surface area contributed by atoms with Gasteiger partial charge >= 0.3 is 0 Å². The number of para-hydroxylation sites is 2. The predicted molar refractivity (Wildman–Crippen MR) is 111 cm³/mol. The molecule has 0 aromatic heterocycles. The fourth-order valence-electron chi connectivity index (χ4n) is 2.33. The van der Waals surface area contributed by atoms with Crippen LogP contribution < -0.4 is 14.8 Å². The van der Waals surface area contributed by atoms with Crippen LogP contribution in [0.25, 0.3) is 0 Å². The molecule has 2 rings (SSSR count). The van der Waals surface area contributed by atoms with Crippen molar-refractivity contribution >= 4 is 27.5 Å². The first kappa shape index (κ1) is 21.3. The summed E-state index contributed by atoms with van der Waals surface area (Å²) in [6.45, 7) is 6.29. The number of hydrogen-bond acceptors (Lipinski definition) is 4. The minimum absolute atomic E-state index is 0.211. The fourth-order valence-corrected chi connectivity index (χ4v) is 2.82. The molecule has 0 unspecified atom stereocenters. The van der Waals surface area contributed by atoms with Crippen molar-refractivity contribution in [2.45, 2.75) is 26.7 Å². The molecule has 27 heavy (non-hydrogen) atoms. The van der Waals surface area contributed by atoms with Gasteiger partial charge in [-0.3, -0.25) is 4.79 Å². The maximum absolute atomic E-state index is 12.6. The lowest BCUT2D eigenvalue weighted by molar-refractivity contribution is 0.102. The van der Waals surface area contributed by atoms with E-state index in [1.807, 2.05) is 31.2 Å². The van der Waals surface area contributed by atoms with Gasteiger partial charge in [-0.1, -0.05) is 25.5 Å². The number of benzene rings is 2. The SMILES string of the molecule is CCCCOc1ccc(C(=O)Nc2ccccc2OCCOCC)cc1Br. The Kier molecular flexibility index (Phi) is 9.15. The Morgan fingerprint density at radius 1 is 1.00 bits per heavy atom. The summed E-state index contributed by atoms with van der Waals surface area (Å²) in [5, 5.41) is 2.90. The first-order valence-corrected chi connectivity index (χ1v) is 9.98. The number of nitrogens with one attached hydrogen (secondary N) is 1. The van der Waals surface area contributed by atoms with Crippen LogP contribution in [0.15, 0.2) is 46.9 Å². The van der Waals surface area contributed by atoms with Crippen LogP contribution in [-0.4, -0.2) is 32.3 Å². The molecule has 6 heteroatoms. The fraction of sp³-hybridized carbons (Fsp3) is 0.381. The first-order chi connectivity index (χ1) is 13.2. The molecule has 146 valence electrons. The highest BCUT2D eigenvalue weighted by molar-refractivity contribution is 9.10. The lowest BCUT2D eigenvalue weighted by Crippen LogP contribution is -2.14. The molecule has 0 saturated carbocycles. The molecular formula is C21H26BrNO4. The van der Waals surface area contributed by atoms with Crippen molar-refractivity contribution < 1.29 is 19.0 Å². The van der Waals surface area contributed by atoms with Crippen molar-refractivity contribution in [3.63, 3.8) is 0 Å². The van der Waals surface area contributed by atoms with E-state index in [4.69, 9.17) is 14.2 Å². The second kappa shape index (κ2) is 11.6. The maximum atomic E-state index is 12.6. The zero-order chi connectivity index (χ0) is 19.5. The number of anilines is 1. The van der Waals surface area contributed by atoms with Gasteiger partial charge in [0.25, 0.3) is 5.91 Å². The normalized spacial score (nSPS) is 10.5. The Morgan fingerprint density at radius 3 is 2.52 bits per heavy atom. The Labute approximate surface area is 169 Å².